The fourth-order valence-electron chi connectivity index (χ4n) is 1.88. The van der Waals surface area contributed by atoms with E-state index < -0.39 is 0 Å². The van der Waals surface area contributed by atoms with E-state index in [9.17, 15) is 4.79 Å². The Labute approximate surface area is 95.6 Å². The summed E-state index contributed by atoms with van der Waals surface area (Å²) in [5.41, 5.74) is 1.04. The highest BCUT2D eigenvalue weighted by Crippen LogP contribution is 2.19. The maximum Gasteiger partial charge on any atom is 0.220 e. The van der Waals surface area contributed by atoms with Crippen LogP contribution in [0.5, 0.6) is 0 Å². The van der Waals surface area contributed by atoms with Crippen molar-refractivity contribution in [1.29, 1.82) is 0 Å². The third-order valence-electron chi connectivity index (χ3n) is 2.77. The summed E-state index contributed by atoms with van der Waals surface area (Å²) in [6.45, 7) is 0.573. The van der Waals surface area contributed by atoms with E-state index in [0.717, 1.165) is 18.4 Å². The Morgan fingerprint density at radius 3 is 3.19 bits per heavy atom. The minimum atomic E-state index is 0.125. The highest BCUT2D eigenvalue weighted by atomic mass is 16.1. The van der Waals surface area contributed by atoms with Crippen LogP contribution in [-0.2, 0) is 11.3 Å². The van der Waals surface area contributed by atoms with Gasteiger partial charge in [0.1, 0.15) is 0 Å². The van der Waals surface area contributed by atoms with Crippen molar-refractivity contribution in [2.24, 2.45) is 5.92 Å². The summed E-state index contributed by atoms with van der Waals surface area (Å²) in [6.07, 6.45) is 10.6. The van der Waals surface area contributed by atoms with Gasteiger partial charge in [0.25, 0.3) is 0 Å². The van der Waals surface area contributed by atoms with Crippen molar-refractivity contribution >= 4 is 5.91 Å². The lowest BCUT2D eigenvalue weighted by Gasteiger charge is -2.08. The number of amides is 1. The molecule has 0 fully saturated rings. The highest BCUT2D eigenvalue weighted by molar-refractivity contribution is 5.76. The first-order valence-electron chi connectivity index (χ1n) is 5.67. The molecule has 0 radical (unpaired) electrons. The third kappa shape index (κ3) is 3.19. The first-order valence-corrected chi connectivity index (χ1v) is 5.67. The van der Waals surface area contributed by atoms with Gasteiger partial charge in [0.2, 0.25) is 5.91 Å². The summed E-state index contributed by atoms with van der Waals surface area (Å²) in [5.74, 6) is 0.564. The molecule has 2 rings (SSSR count). The Morgan fingerprint density at radius 2 is 2.50 bits per heavy atom. The van der Waals surface area contributed by atoms with Crippen molar-refractivity contribution in [3.63, 3.8) is 0 Å². The standard InChI is InChI=1S/C13H16N2O/c16-13(8-11-4-1-2-5-11)15-10-12-6-3-7-14-9-12/h1,3-4,6-7,9,11H,2,5,8,10H2,(H,15,16)/t11-/m0/s1. The van der Waals surface area contributed by atoms with Crippen molar-refractivity contribution in [1.82, 2.24) is 10.3 Å². The van der Waals surface area contributed by atoms with Crippen LogP contribution in [0, 0.1) is 5.92 Å². The van der Waals surface area contributed by atoms with Crippen molar-refractivity contribution in [3.05, 3.63) is 42.2 Å². The average Bonchev–Trinajstić information content (AvgIpc) is 2.81. The molecule has 1 atom stereocenters. The number of hydrogen-bond donors (Lipinski definition) is 1. The number of nitrogens with zero attached hydrogens (tertiary/aromatic N) is 1. The van der Waals surface area contributed by atoms with Gasteiger partial charge in [-0.15, -0.1) is 0 Å². The highest BCUT2D eigenvalue weighted by Gasteiger charge is 2.13. The molecule has 3 heteroatoms. The van der Waals surface area contributed by atoms with E-state index in [1.54, 1.807) is 12.4 Å². The van der Waals surface area contributed by atoms with Gasteiger partial charge in [-0.1, -0.05) is 18.2 Å². The summed E-state index contributed by atoms with van der Waals surface area (Å²) < 4.78 is 0. The Morgan fingerprint density at radius 1 is 1.56 bits per heavy atom. The zero-order valence-electron chi connectivity index (χ0n) is 9.23. The van der Waals surface area contributed by atoms with Crippen LogP contribution in [-0.4, -0.2) is 10.9 Å². The number of hydrogen-bond acceptors (Lipinski definition) is 2. The molecule has 0 unspecified atom stereocenters. The fraction of sp³-hybridized carbons (Fsp3) is 0.385. The van der Waals surface area contributed by atoms with E-state index in [-0.39, 0.29) is 5.91 Å². The molecule has 0 aliphatic heterocycles. The fourth-order valence-corrected chi connectivity index (χ4v) is 1.88. The van der Waals surface area contributed by atoms with E-state index in [1.807, 2.05) is 12.1 Å². The summed E-state index contributed by atoms with van der Waals surface area (Å²) in [7, 11) is 0. The van der Waals surface area contributed by atoms with Gasteiger partial charge < -0.3 is 5.32 Å². The number of nitrogens with one attached hydrogen (secondary N) is 1. The molecule has 0 saturated carbocycles. The summed E-state index contributed by atoms with van der Waals surface area (Å²) >= 11 is 0. The van der Waals surface area contributed by atoms with Crippen molar-refractivity contribution in [2.45, 2.75) is 25.8 Å². The number of carbonyl (C=O) groups excluding carboxylic acids is 1. The minimum absolute atomic E-state index is 0.125. The van der Waals surface area contributed by atoms with Crippen LogP contribution in [0.3, 0.4) is 0 Å². The first-order chi connectivity index (χ1) is 7.84. The van der Waals surface area contributed by atoms with Gasteiger partial charge in [0, 0.05) is 25.4 Å². The number of allylic oxidation sites excluding steroid dienone is 2. The Bertz CT molecular complexity index is 373. The van der Waals surface area contributed by atoms with E-state index in [1.165, 1.54) is 0 Å². The molecule has 84 valence electrons. The Hall–Kier alpha value is -1.64. The maximum absolute atomic E-state index is 11.6. The molecule has 3 nitrogen and oxygen atoms in total. The molecule has 1 aromatic heterocycles. The molecule has 1 aromatic rings. The second-order valence-electron chi connectivity index (χ2n) is 4.11. The van der Waals surface area contributed by atoms with Crippen molar-refractivity contribution < 1.29 is 4.79 Å². The van der Waals surface area contributed by atoms with Crippen LogP contribution in [0.25, 0.3) is 0 Å². The molecule has 0 saturated heterocycles. The summed E-state index contributed by atoms with van der Waals surface area (Å²) in [5, 5.41) is 2.91. The molecule has 1 amide bonds. The molecule has 1 aliphatic carbocycles. The van der Waals surface area contributed by atoms with Crippen LogP contribution < -0.4 is 5.32 Å². The summed E-state index contributed by atoms with van der Waals surface area (Å²) in [6, 6.07) is 3.84. The van der Waals surface area contributed by atoms with Gasteiger partial charge in [-0.05, 0) is 30.4 Å². The van der Waals surface area contributed by atoms with Crippen LogP contribution in [0.4, 0.5) is 0 Å². The van der Waals surface area contributed by atoms with Crippen LogP contribution in [0.1, 0.15) is 24.8 Å². The van der Waals surface area contributed by atoms with E-state index >= 15 is 0 Å². The lowest BCUT2D eigenvalue weighted by atomic mass is 10.1. The van der Waals surface area contributed by atoms with Gasteiger partial charge in [0.15, 0.2) is 0 Å². The number of carbonyl (C=O) groups is 1. The quantitative estimate of drug-likeness (QED) is 0.783. The molecule has 0 aromatic carbocycles. The second kappa shape index (κ2) is 5.45. The van der Waals surface area contributed by atoms with Gasteiger partial charge in [-0.3, -0.25) is 9.78 Å². The van der Waals surface area contributed by atoms with Crippen LogP contribution in [0.2, 0.25) is 0 Å². The maximum atomic E-state index is 11.6. The molecule has 1 heterocycles. The monoisotopic (exact) mass is 216 g/mol. The lowest BCUT2D eigenvalue weighted by Crippen LogP contribution is -2.24. The summed E-state index contributed by atoms with van der Waals surface area (Å²) in [4.78, 5) is 15.6. The van der Waals surface area contributed by atoms with Crippen LogP contribution >= 0.6 is 0 Å². The van der Waals surface area contributed by atoms with Gasteiger partial charge in [0.05, 0.1) is 0 Å². The van der Waals surface area contributed by atoms with Crippen molar-refractivity contribution in [2.75, 3.05) is 0 Å². The van der Waals surface area contributed by atoms with Crippen LogP contribution in [0.15, 0.2) is 36.7 Å². The lowest BCUT2D eigenvalue weighted by molar-refractivity contribution is -0.121. The Balaban J connectivity index is 1.73. The number of rotatable bonds is 4. The average molecular weight is 216 g/mol. The zero-order chi connectivity index (χ0) is 11.2. The third-order valence-corrected chi connectivity index (χ3v) is 2.77. The predicted octanol–water partition coefficient (Wildman–Crippen LogP) is 2.05. The van der Waals surface area contributed by atoms with E-state index in [4.69, 9.17) is 0 Å². The molecule has 0 spiro atoms. The Kier molecular flexibility index (Phi) is 3.70. The molecule has 1 aliphatic rings. The van der Waals surface area contributed by atoms with Crippen molar-refractivity contribution in [3.8, 4) is 0 Å². The number of aromatic nitrogens is 1. The largest absolute Gasteiger partial charge is 0.352 e. The SMILES string of the molecule is O=C(C[C@H]1C=CCC1)NCc1cccnc1. The van der Waals surface area contributed by atoms with Gasteiger partial charge in [-0.25, -0.2) is 0 Å². The van der Waals surface area contributed by atoms with Gasteiger partial charge in [-0.2, -0.15) is 0 Å². The molecular weight excluding hydrogens is 200 g/mol. The molecular formula is C13H16N2O. The molecule has 16 heavy (non-hydrogen) atoms. The minimum Gasteiger partial charge on any atom is -0.352 e. The zero-order valence-corrected chi connectivity index (χ0v) is 9.23. The van der Waals surface area contributed by atoms with E-state index in [0.29, 0.717) is 18.9 Å². The second-order valence-corrected chi connectivity index (χ2v) is 4.11. The predicted molar refractivity (Wildman–Crippen MR) is 62.6 cm³/mol. The first kappa shape index (κ1) is 10.9. The molecule has 0 bridgehead atoms. The normalized spacial score (nSPS) is 18.6. The smallest absolute Gasteiger partial charge is 0.220 e. The number of pyridine rings is 1. The van der Waals surface area contributed by atoms with E-state index in [2.05, 4.69) is 22.5 Å². The topological polar surface area (TPSA) is 42.0 Å². The van der Waals surface area contributed by atoms with Gasteiger partial charge >= 0.3 is 0 Å². The molecule has 1 N–H and O–H groups in total.